The Hall–Kier alpha value is -1.73. The van der Waals surface area contributed by atoms with E-state index in [0.29, 0.717) is 0 Å². The first kappa shape index (κ1) is 7.90. The highest BCUT2D eigenvalue weighted by Crippen LogP contribution is 2.23. The van der Waals surface area contributed by atoms with Crippen LogP contribution in [0, 0.1) is 0 Å². The van der Waals surface area contributed by atoms with Crippen molar-refractivity contribution in [3.8, 4) is 0 Å². The van der Waals surface area contributed by atoms with Crippen LogP contribution in [0.2, 0.25) is 0 Å². The number of halogens is 3. The van der Waals surface area contributed by atoms with E-state index < -0.39 is 12.0 Å². The maximum Gasteiger partial charge on any atom is 0.453 e. The Bertz CT molecular complexity index is 304. The number of nitrogens with one attached hydrogen (secondary N) is 1. The number of aliphatic imine (C=N–C) groups is 1. The SMILES string of the molecule is FC(F)(F)C1=NNN2C=NC=CN12. The van der Waals surface area contributed by atoms with Gasteiger partial charge in [-0.05, 0) is 0 Å². The van der Waals surface area contributed by atoms with Crippen molar-refractivity contribution in [2.45, 2.75) is 6.18 Å². The molecule has 0 amide bonds. The molecule has 8 heteroatoms. The number of alkyl halides is 3. The van der Waals surface area contributed by atoms with E-state index in [-0.39, 0.29) is 0 Å². The summed E-state index contributed by atoms with van der Waals surface area (Å²) in [7, 11) is 0. The molecule has 5 nitrogen and oxygen atoms in total. The summed E-state index contributed by atoms with van der Waals surface area (Å²) in [5, 5.41) is 4.93. The minimum atomic E-state index is -4.47. The first-order valence-electron chi connectivity index (χ1n) is 3.28. The molecular formula is C5H4F3N5. The topological polar surface area (TPSA) is 43.2 Å². The highest BCUT2D eigenvalue weighted by molar-refractivity contribution is 5.90. The minimum Gasteiger partial charge on any atom is -0.241 e. The third-order valence-electron chi connectivity index (χ3n) is 1.43. The lowest BCUT2D eigenvalue weighted by molar-refractivity contribution is -0.0709. The van der Waals surface area contributed by atoms with Crippen LogP contribution in [0.5, 0.6) is 0 Å². The lowest BCUT2D eigenvalue weighted by Gasteiger charge is -2.25. The van der Waals surface area contributed by atoms with Crippen molar-refractivity contribution in [1.82, 2.24) is 15.7 Å². The van der Waals surface area contributed by atoms with Gasteiger partial charge in [-0.1, -0.05) is 0 Å². The van der Waals surface area contributed by atoms with Gasteiger partial charge in [0.1, 0.15) is 6.34 Å². The molecule has 0 radical (unpaired) electrons. The number of nitrogens with zero attached hydrogens (tertiary/aromatic N) is 4. The van der Waals surface area contributed by atoms with E-state index in [1.165, 1.54) is 12.5 Å². The molecule has 0 saturated carbocycles. The van der Waals surface area contributed by atoms with E-state index in [1.807, 2.05) is 0 Å². The van der Waals surface area contributed by atoms with Crippen LogP contribution in [-0.4, -0.2) is 28.5 Å². The normalized spacial score (nSPS) is 20.1. The Balaban J connectivity index is 2.25. The number of hydrazone groups is 1. The zero-order chi connectivity index (χ0) is 9.47. The summed E-state index contributed by atoms with van der Waals surface area (Å²) in [6.45, 7) is 0. The summed E-state index contributed by atoms with van der Waals surface area (Å²) in [4.78, 5) is 3.61. The second-order valence-corrected chi connectivity index (χ2v) is 2.28. The second-order valence-electron chi connectivity index (χ2n) is 2.28. The lowest BCUT2D eigenvalue weighted by atomic mass is 10.5. The van der Waals surface area contributed by atoms with Crippen LogP contribution < -0.4 is 5.53 Å². The average Bonchev–Trinajstić information content (AvgIpc) is 2.45. The van der Waals surface area contributed by atoms with Crippen LogP contribution >= 0.6 is 0 Å². The van der Waals surface area contributed by atoms with Crippen molar-refractivity contribution in [3.63, 3.8) is 0 Å². The molecule has 0 aliphatic carbocycles. The van der Waals surface area contributed by atoms with Gasteiger partial charge in [-0.3, -0.25) is 0 Å². The highest BCUT2D eigenvalue weighted by atomic mass is 19.4. The van der Waals surface area contributed by atoms with Gasteiger partial charge in [0, 0.05) is 12.4 Å². The molecular weight excluding hydrogens is 187 g/mol. The predicted octanol–water partition coefficient (Wildman–Crippen LogP) is 0.412. The Morgan fingerprint density at radius 1 is 1.38 bits per heavy atom. The Labute approximate surface area is 70.8 Å². The molecule has 0 atom stereocenters. The largest absolute Gasteiger partial charge is 0.453 e. The summed E-state index contributed by atoms with van der Waals surface area (Å²) in [6.07, 6.45) is -0.892. The summed E-state index contributed by atoms with van der Waals surface area (Å²) in [6, 6.07) is 0. The number of rotatable bonds is 0. The molecule has 0 fully saturated rings. The smallest absolute Gasteiger partial charge is 0.241 e. The molecule has 2 rings (SSSR count). The van der Waals surface area contributed by atoms with E-state index >= 15 is 0 Å². The fraction of sp³-hybridized carbons (Fsp3) is 0.200. The van der Waals surface area contributed by atoms with Crippen LogP contribution in [0.3, 0.4) is 0 Å². The van der Waals surface area contributed by atoms with Crippen LogP contribution in [0.1, 0.15) is 0 Å². The number of hydrogen-bond acceptors (Lipinski definition) is 5. The Kier molecular flexibility index (Phi) is 1.44. The summed E-state index contributed by atoms with van der Waals surface area (Å²) in [5.41, 5.74) is 2.14. The van der Waals surface area contributed by atoms with Crippen molar-refractivity contribution in [3.05, 3.63) is 12.4 Å². The molecule has 0 aromatic carbocycles. The van der Waals surface area contributed by atoms with E-state index in [9.17, 15) is 13.2 Å². The lowest BCUT2D eigenvalue weighted by Crippen LogP contribution is -2.46. The fourth-order valence-corrected chi connectivity index (χ4v) is 0.920. The zero-order valence-electron chi connectivity index (χ0n) is 6.15. The van der Waals surface area contributed by atoms with Crippen molar-refractivity contribution in [1.29, 1.82) is 0 Å². The molecule has 0 unspecified atom stereocenters. The highest BCUT2D eigenvalue weighted by Gasteiger charge is 2.44. The number of fused-ring (bicyclic) bond motifs is 1. The minimum absolute atomic E-state index is 0.812. The van der Waals surface area contributed by atoms with Crippen molar-refractivity contribution < 1.29 is 13.2 Å². The molecule has 0 aromatic rings. The molecule has 0 aromatic heterocycles. The monoisotopic (exact) mass is 191 g/mol. The molecule has 0 bridgehead atoms. The van der Waals surface area contributed by atoms with Crippen molar-refractivity contribution in [2.24, 2.45) is 10.1 Å². The molecule has 2 aliphatic rings. The number of hydrazine groups is 2. The zero-order valence-corrected chi connectivity index (χ0v) is 6.15. The van der Waals surface area contributed by atoms with E-state index in [2.05, 4.69) is 15.6 Å². The fourth-order valence-electron chi connectivity index (χ4n) is 0.920. The van der Waals surface area contributed by atoms with Crippen LogP contribution in [0.15, 0.2) is 22.5 Å². The summed E-state index contributed by atoms with van der Waals surface area (Å²) in [5.74, 6) is -1.02. The molecule has 13 heavy (non-hydrogen) atoms. The first-order chi connectivity index (χ1) is 6.09. The van der Waals surface area contributed by atoms with Gasteiger partial charge in [0.05, 0.1) is 0 Å². The first-order valence-corrected chi connectivity index (χ1v) is 3.28. The molecule has 70 valence electrons. The van der Waals surface area contributed by atoms with Crippen LogP contribution in [0.4, 0.5) is 13.2 Å². The van der Waals surface area contributed by atoms with Gasteiger partial charge in [0.15, 0.2) is 0 Å². The van der Waals surface area contributed by atoms with Crippen molar-refractivity contribution >= 4 is 12.2 Å². The van der Waals surface area contributed by atoms with E-state index in [4.69, 9.17) is 0 Å². The van der Waals surface area contributed by atoms with E-state index in [0.717, 1.165) is 16.3 Å². The Morgan fingerprint density at radius 3 is 2.85 bits per heavy atom. The van der Waals surface area contributed by atoms with E-state index in [1.54, 1.807) is 0 Å². The molecule has 2 aliphatic heterocycles. The predicted molar refractivity (Wildman–Crippen MR) is 37.9 cm³/mol. The van der Waals surface area contributed by atoms with Gasteiger partial charge in [0.25, 0.3) is 5.84 Å². The quantitative estimate of drug-likeness (QED) is 0.603. The van der Waals surface area contributed by atoms with Gasteiger partial charge in [-0.15, -0.1) is 5.10 Å². The Morgan fingerprint density at radius 2 is 2.15 bits per heavy atom. The van der Waals surface area contributed by atoms with Gasteiger partial charge >= 0.3 is 6.18 Å². The number of amidine groups is 1. The van der Waals surface area contributed by atoms with Gasteiger partial charge in [-0.2, -0.15) is 23.8 Å². The second kappa shape index (κ2) is 2.38. The molecule has 0 saturated heterocycles. The van der Waals surface area contributed by atoms with Crippen molar-refractivity contribution in [2.75, 3.05) is 0 Å². The van der Waals surface area contributed by atoms with Gasteiger partial charge < -0.3 is 0 Å². The van der Waals surface area contributed by atoms with Gasteiger partial charge in [-0.25, -0.2) is 10.0 Å². The average molecular weight is 191 g/mol. The number of hydrogen-bond donors (Lipinski definition) is 1. The summed E-state index contributed by atoms with van der Waals surface area (Å²) < 4.78 is 36.6. The third kappa shape index (κ3) is 1.19. The molecule has 1 N–H and O–H groups in total. The molecule has 2 heterocycles. The van der Waals surface area contributed by atoms with Crippen LogP contribution in [0.25, 0.3) is 0 Å². The van der Waals surface area contributed by atoms with Crippen LogP contribution in [-0.2, 0) is 0 Å². The maximum atomic E-state index is 12.2. The third-order valence-corrected chi connectivity index (χ3v) is 1.43. The maximum absolute atomic E-state index is 12.2. The molecule has 0 spiro atoms. The standard InChI is InChI=1S/C5H4F3N5/c6-5(7,8)4-10-11-13-3-9-1-2-12(4)13/h1-3,11H. The summed E-state index contributed by atoms with van der Waals surface area (Å²) >= 11 is 0. The van der Waals surface area contributed by atoms with Gasteiger partial charge in [0.2, 0.25) is 0 Å².